The van der Waals surface area contributed by atoms with Gasteiger partial charge in [-0.05, 0) is 69.2 Å². The van der Waals surface area contributed by atoms with Crippen molar-refractivity contribution < 1.29 is 0 Å². The second kappa shape index (κ2) is 5.31. The number of nitrogens with two attached hydrogens (primary N) is 1. The Morgan fingerprint density at radius 1 is 1.32 bits per heavy atom. The Kier molecular flexibility index (Phi) is 3.70. The number of benzene rings is 1. The zero-order chi connectivity index (χ0) is 13.3. The largest absolute Gasteiger partial charge is 0.384 e. The lowest BCUT2D eigenvalue weighted by atomic mass is 9.74. The third-order valence-electron chi connectivity index (χ3n) is 4.66. The molecule has 0 bridgehead atoms. The molecule has 0 amide bonds. The number of likely N-dealkylation sites (tertiary alicyclic amines) is 1. The first-order valence-electron chi connectivity index (χ1n) is 7.20. The normalized spacial score (nSPS) is 21.4. The first-order valence-corrected chi connectivity index (χ1v) is 7.58. The summed E-state index contributed by atoms with van der Waals surface area (Å²) in [5.74, 6) is 0. The van der Waals surface area contributed by atoms with Crippen molar-refractivity contribution in [3.05, 3.63) is 28.8 Å². The molecule has 4 heteroatoms. The molecule has 3 rings (SSSR count). The van der Waals surface area contributed by atoms with Crippen molar-refractivity contribution in [2.24, 2.45) is 5.73 Å². The molecule has 0 atom stereocenters. The molecular formula is C15H22ClN3. The zero-order valence-corrected chi connectivity index (χ0v) is 12.0. The molecule has 0 aliphatic carbocycles. The lowest BCUT2D eigenvalue weighted by molar-refractivity contribution is 0.168. The predicted octanol–water partition coefficient (Wildman–Crippen LogP) is 2.45. The molecule has 0 radical (unpaired) electrons. The van der Waals surface area contributed by atoms with Crippen LogP contribution in [0.4, 0.5) is 5.69 Å². The number of fused-ring (bicyclic) bond motifs is 2. The molecule has 0 unspecified atom stereocenters. The summed E-state index contributed by atoms with van der Waals surface area (Å²) in [7, 11) is 0. The molecule has 1 fully saturated rings. The summed E-state index contributed by atoms with van der Waals surface area (Å²) >= 11 is 6.17. The molecule has 2 aliphatic rings. The molecule has 0 aromatic heterocycles. The number of anilines is 1. The van der Waals surface area contributed by atoms with Crippen molar-refractivity contribution in [3.8, 4) is 0 Å². The van der Waals surface area contributed by atoms with Gasteiger partial charge in [-0.1, -0.05) is 11.6 Å². The van der Waals surface area contributed by atoms with E-state index in [-0.39, 0.29) is 0 Å². The van der Waals surface area contributed by atoms with Crippen LogP contribution in [0.2, 0.25) is 5.02 Å². The van der Waals surface area contributed by atoms with E-state index >= 15 is 0 Å². The molecule has 3 nitrogen and oxygen atoms in total. The Morgan fingerprint density at radius 2 is 2.11 bits per heavy atom. The number of nitrogens with zero attached hydrogens (tertiary/aromatic N) is 1. The van der Waals surface area contributed by atoms with Gasteiger partial charge in [0.1, 0.15) is 0 Å². The highest BCUT2D eigenvalue weighted by Crippen LogP contribution is 2.44. The number of rotatable bonds is 3. The van der Waals surface area contributed by atoms with E-state index in [0.717, 1.165) is 31.1 Å². The highest BCUT2D eigenvalue weighted by atomic mass is 35.5. The summed E-state index contributed by atoms with van der Waals surface area (Å²) in [6.45, 7) is 5.35. The summed E-state index contributed by atoms with van der Waals surface area (Å²) in [5.41, 5.74) is 8.60. The molecule has 0 saturated carbocycles. The van der Waals surface area contributed by atoms with Crippen LogP contribution in [0.25, 0.3) is 0 Å². The smallest absolute Gasteiger partial charge is 0.0410 e. The van der Waals surface area contributed by atoms with Gasteiger partial charge in [0.05, 0.1) is 0 Å². The van der Waals surface area contributed by atoms with Gasteiger partial charge in [-0.15, -0.1) is 0 Å². The second-order valence-corrected chi connectivity index (χ2v) is 6.24. The van der Waals surface area contributed by atoms with E-state index in [4.69, 9.17) is 17.3 Å². The Hall–Kier alpha value is -0.770. The van der Waals surface area contributed by atoms with E-state index in [1.54, 1.807) is 0 Å². The Bertz CT molecular complexity index is 453. The fraction of sp³-hybridized carbons (Fsp3) is 0.600. The summed E-state index contributed by atoms with van der Waals surface area (Å²) in [4.78, 5) is 2.54. The van der Waals surface area contributed by atoms with Gasteiger partial charge in [-0.25, -0.2) is 0 Å². The van der Waals surface area contributed by atoms with Crippen molar-refractivity contribution in [2.45, 2.75) is 24.7 Å². The third-order valence-corrected chi connectivity index (χ3v) is 4.90. The lowest BCUT2D eigenvalue weighted by Crippen LogP contribution is -2.44. The minimum atomic E-state index is 0.305. The van der Waals surface area contributed by atoms with Crippen molar-refractivity contribution in [1.82, 2.24) is 4.90 Å². The third kappa shape index (κ3) is 2.47. The van der Waals surface area contributed by atoms with E-state index in [9.17, 15) is 0 Å². The van der Waals surface area contributed by atoms with Crippen LogP contribution in [-0.2, 0) is 5.41 Å². The molecule has 1 aromatic carbocycles. The maximum Gasteiger partial charge on any atom is 0.0410 e. The van der Waals surface area contributed by atoms with Crippen molar-refractivity contribution in [2.75, 3.05) is 38.0 Å². The molecule has 3 N–H and O–H groups in total. The van der Waals surface area contributed by atoms with Gasteiger partial charge in [-0.2, -0.15) is 0 Å². The monoisotopic (exact) mass is 279 g/mol. The number of halogens is 1. The van der Waals surface area contributed by atoms with Gasteiger partial charge in [0.2, 0.25) is 0 Å². The van der Waals surface area contributed by atoms with Crippen LogP contribution < -0.4 is 11.1 Å². The Morgan fingerprint density at radius 3 is 2.84 bits per heavy atom. The van der Waals surface area contributed by atoms with E-state index in [1.807, 2.05) is 6.07 Å². The van der Waals surface area contributed by atoms with Crippen molar-refractivity contribution in [3.63, 3.8) is 0 Å². The molecule has 2 aliphatic heterocycles. The molecule has 19 heavy (non-hydrogen) atoms. The number of hydrogen-bond acceptors (Lipinski definition) is 3. The van der Waals surface area contributed by atoms with Gasteiger partial charge in [0.15, 0.2) is 0 Å². The molecule has 1 spiro atoms. The van der Waals surface area contributed by atoms with Crippen LogP contribution in [0.5, 0.6) is 0 Å². The molecule has 104 valence electrons. The molecule has 1 aromatic rings. The minimum absolute atomic E-state index is 0.305. The highest BCUT2D eigenvalue weighted by Gasteiger charge is 2.41. The number of nitrogens with one attached hydrogen (secondary N) is 1. The summed E-state index contributed by atoms with van der Waals surface area (Å²) in [5, 5.41) is 4.40. The summed E-state index contributed by atoms with van der Waals surface area (Å²) < 4.78 is 0. The highest BCUT2D eigenvalue weighted by molar-refractivity contribution is 6.30. The second-order valence-electron chi connectivity index (χ2n) is 5.81. The summed E-state index contributed by atoms with van der Waals surface area (Å²) in [6.07, 6.45) is 3.55. The van der Waals surface area contributed by atoms with E-state index in [2.05, 4.69) is 22.3 Å². The quantitative estimate of drug-likeness (QED) is 0.893. The van der Waals surface area contributed by atoms with E-state index in [0.29, 0.717) is 5.41 Å². The first kappa shape index (κ1) is 13.2. The molecule has 2 heterocycles. The topological polar surface area (TPSA) is 41.3 Å². The van der Waals surface area contributed by atoms with Crippen LogP contribution in [0, 0.1) is 0 Å². The van der Waals surface area contributed by atoms with Gasteiger partial charge < -0.3 is 16.0 Å². The van der Waals surface area contributed by atoms with Crippen LogP contribution >= 0.6 is 11.6 Å². The zero-order valence-electron chi connectivity index (χ0n) is 11.3. The predicted molar refractivity (Wildman–Crippen MR) is 81.0 cm³/mol. The van der Waals surface area contributed by atoms with Crippen LogP contribution in [0.1, 0.15) is 24.8 Å². The van der Waals surface area contributed by atoms with Crippen LogP contribution in [0.3, 0.4) is 0 Å². The van der Waals surface area contributed by atoms with Crippen molar-refractivity contribution in [1.29, 1.82) is 0 Å². The maximum atomic E-state index is 6.17. The minimum Gasteiger partial charge on any atom is -0.384 e. The first-order chi connectivity index (χ1) is 9.23. The Balaban J connectivity index is 1.73. The fourth-order valence-corrected chi connectivity index (χ4v) is 3.61. The number of piperidine rings is 1. The average Bonchev–Trinajstić information content (AvgIpc) is 2.77. The van der Waals surface area contributed by atoms with E-state index in [1.165, 1.54) is 37.2 Å². The van der Waals surface area contributed by atoms with Gasteiger partial charge in [-0.3, -0.25) is 0 Å². The maximum absolute atomic E-state index is 6.17. The van der Waals surface area contributed by atoms with Gasteiger partial charge in [0, 0.05) is 22.7 Å². The van der Waals surface area contributed by atoms with Crippen molar-refractivity contribution >= 4 is 17.3 Å². The van der Waals surface area contributed by atoms with Gasteiger partial charge in [0.25, 0.3) is 0 Å². The van der Waals surface area contributed by atoms with Crippen LogP contribution in [-0.4, -0.2) is 37.6 Å². The average molecular weight is 280 g/mol. The van der Waals surface area contributed by atoms with Gasteiger partial charge >= 0.3 is 0 Å². The fourth-order valence-electron chi connectivity index (χ4n) is 3.43. The standard InChI is InChI=1S/C15H22ClN3/c16-12-2-3-14-13(10-12)15(11-18-14)4-8-19(9-5-15)7-1-6-17/h2-3,10,18H,1,4-9,11,17H2. The number of hydrogen-bond donors (Lipinski definition) is 2. The van der Waals surface area contributed by atoms with Crippen LogP contribution in [0.15, 0.2) is 18.2 Å². The van der Waals surface area contributed by atoms with E-state index < -0.39 is 0 Å². The SMILES string of the molecule is NCCCN1CCC2(CC1)CNc1ccc(Cl)cc12. The summed E-state index contributed by atoms with van der Waals surface area (Å²) in [6, 6.07) is 6.25. The lowest BCUT2D eigenvalue weighted by Gasteiger charge is -2.39. The molecular weight excluding hydrogens is 258 g/mol. The molecule has 1 saturated heterocycles. The Labute approximate surface area is 120 Å².